The van der Waals surface area contributed by atoms with Gasteiger partial charge in [-0.3, -0.25) is 4.98 Å². The predicted octanol–water partition coefficient (Wildman–Crippen LogP) is 11.8. The number of allylic oxidation sites excluding steroid dienone is 2. The van der Waals surface area contributed by atoms with Crippen molar-refractivity contribution in [3.8, 4) is 51.0 Å². The molecule has 0 N–H and O–H groups in total. The van der Waals surface area contributed by atoms with E-state index in [4.69, 9.17) is 19.9 Å². The maximum Gasteiger partial charge on any atom is 0.165 e. The summed E-state index contributed by atoms with van der Waals surface area (Å²) >= 11 is 0. The molecule has 0 radical (unpaired) electrons. The second-order valence-electron chi connectivity index (χ2n) is 14.3. The maximum absolute atomic E-state index is 5.09. The van der Waals surface area contributed by atoms with Crippen LogP contribution in [0.4, 0.5) is 11.4 Å². The van der Waals surface area contributed by atoms with Gasteiger partial charge in [-0.25, -0.2) is 15.0 Å². The fourth-order valence-corrected chi connectivity index (χ4v) is 8.43. The summed E-state index contributed by atoms with van der Waals surface area (Å²) in [4.78, 5) is 22.4. The number of anilines is 2. The summed E-state index contributed by atoms with van der Waals surface area (Å²) in [6, 6.07) is 55.4. The van der Waals surface area contributed by atoms with E-state index in [2.05, 4.69) is 155 Å². The van der Waals surface area contributed by atoms with Crippen molar-refractivity contribution in [2.45, 2.75) is 12.0 Å². The third-order valence-corrected chi connectivity index (χ3v) is 11.0. The molecule has 11 rings (SSSR count). The Bertz CT molecular complexity index is 2970. The number of hydrogen-bond acceptors (Lipinski definition) is 5. The van der Waals surface area contributed by atoms with E-state index < -0.39 is 0 Å². The number of aromatic nitrogens is 5. The standard InChI is InChI=1S/C50H34N6/c1-4-14-33(15-5-1)34-24-26-36(27-25-34)49-52-48(35-16-6-2-7-17-35)53-50(54-49)37-28-39(32-51-31-37)56-45-23-13-11-21-41(45)43-29-42-40-20-10-12-22-44(40)55(46(42)30-47(43)56)38-18-8-3-9-19-38/h1-32,40,44H. The molecule has 0 spiro atoms. The van der Waals surface area contributed by atoms with E-state index in [1.165, 1.54) is 27.7 Å². The lowest BCUT2D eigenvalue weighted by Crippen LogP contribution is -2.28. The van der Waals surface area contributed by atoms with Crippen molar-refractivity contribution in [3.05, 3.63) is 200 Å². The highest BCUT2D eigenvalue weighted by Crippen LogP contribution is 2.50. The van der Waals surface area contributed by atoms with Gasteiger partial charge in [-0.2, -0.15) is 0 Å². The fraction of sp³-hybridized carbons (Fsp3) is 0.0400. The Balaban J connectivity index is 1.07. The molecule has 6 nitrogen and oxygen atoms in total. The molecule has 2 atom stereocenters. The molecular weight excluding hydrogens is 685 g/mol. The fourth-order valence-electron chi connectivity index (χ4n) is 8.43. The molecule has 1 aliphatic carbocycles. The zero-order chi connectivity index (χ0) is 37.0. The normalized spacial score (nSPS) is 15.7. The molecule has 264 valence electrons. The first-order valence-electron chi connectivity index (χ1n) is 19.0. The Hall–Kier alpha value is -7.44. The highest BCUT2D eigenvalue weighted by Gasteiger charge is 2.38. The minimum atomic E-state index is 0.208. The summed E-state index contributed by atoms with van der Waals surface area (Å²) in [6.07, 6.45) is 12.8. The van der Waals surface area contributed by atoms with E-state index in [0.29, 0.717) is 17.5 Å². The number of nitrogens with zero attached hydrogens (tertiary/aromatic N) is 6. The zero-order valence-electron chi connectivity index (χ0n) is 30.3. The van der Waals surface area contributed by atoms with Gasteiger partial charge in [0.25, 0.3) is 0 Å². The monoisotopic (exact) mass is 718 g/mol. The third-order valence-electron chi connectivity index (χ3n) is 11.0. The molecular formula is C50H34N6. The van der Waals surface area contributed by atoms with Crippen LogP contribution in [0.15, 0.2) is 194 Å². The van der Waals surface area contributed by atoms with E-state index >= 15 is 0 Å². The van der Waals surface area contributed by atoms with Crippen molar-refractivity contribution in [1.29, 1.82) is 0 Å². The molecule has 0 fully saturated rings. The molecule has 0 saturated heterocycles. The number of para-hydroxylation sites is 2. The smallest absolute Gasteiger partial charge is 0.165 e. The van der Waals surface area contributed by atoms with Crippen LogP contribution in [0.1, 0.15) is 11.5 Å². The molecule has 6 heteroatoms. The van der Waals surface area contributed by atoms with Crippen molar-refractivity contribution in [3.63, 3.8) is 0 Å². The lowest BCUT2D eigenvalue weighted by atomic mass is 9.90. The minimum absolute atomic E-state index is 0.208. The molecule has 9 aromatic rings. The number of fused-ring (bicyclic) bond motifs is 6. The lowest BCUT2D eigenvalue weighted by molar-refractivity contribution is 0.745. The third kappa shape index (κ3) is 5.34. The summed E-state index contributed by atoms with van der Waals surface area (Å²) in [5.74, 6) is 2.05. The molecule has 1 aliphatic heterocycles. The van der Waals surface area contributed by atoms with Crippen molar-refractivity contribution in [2.75, 3.05) is 4.90 Å². The van der Waals surface area contributed by atoms with Gasteiger partial charge in [0.15, 0.2) is 17.5 Å². The van der Waals surface area contributed by atoms with E-state index in [1.807, 2.05) is 48.8 Å². The Labute approximate surface area is 324 Å². The molecule has 4 heterocycles. The van der Waals surface area contributed by atoms with Gasteiger partial charge in [0, 0.05) is 51.0 Å². The second kappa shape index (κ2) is 13.1. The van der Waals surface area contributed by atoms with Gasteiger partial charge in [0.05, 0.1) is 29.0 Å². The van der Waals surface area contributed by atoms with Crippen LogP contribution in [0, 0.1) is 0 Å². The summed E-state index contributed by atoms with van der Waals surface area (Å²) in [6.45, 7) is 0. The van der Waals surface area contributed by atoms with Crippen molar-refractivity contribution < 1.29 is 0 Å². The van der Waals surface area contributed by atoms with Gasteiger partial charge in [-0.05, 0) is 53.1 Å². The molecule has 56 heavy (non-hydrogen) atoms. The summed E-state index contributed by atoms with van der Waals surface area (Å²) in [5, 5.41) is 2.42. The van der Waals surface area contributed by atoms with Gasteiger partial charge >= 0.3 is 0 Å². The first-order chi connectivity index (χ1) is 27.8. The largest absolute Gasteiger partial charge is 0.333 e. The second-order valence-corrected chi connectivity index (χ2v) is 14.3. The topological polar surface area (TPSA) is 59.7 Å². The lowest BCUT2D eigenvalue weighted by Gasteiger charge is -2.28. The van der Waals surface area contributed by atoms with Crippen molar-refractivity contribution in [2.24, 2.45) is 0 Å². The molecule has 0 amide bonds. The summed E-state index contributed by atoms with van der Waals surface area (Å²) < 4.78 is 2.33. The van der Waals surface area contributed by atoms with Crippen LogP contribution in [0.3, 0.4) is 0 Å². The van der Waals surface area contributed by atoms with Crippen LogP contribution < -0.4 is 4.90 Å². The van der Waals surface area contributed by atoms with Crippen molar-refractivity contribution >= 4 is 33.2 Å². The number of rotatable bonds is 6. The molecule has 6 aromatic carbocycles. The Kier molecular flexibility index (Phi) is 7.52. The van der Waals surface area contributed by atoms with E-state index in [1.54, 1.807) is 0 Å². The number of pyridine rings is 1. The highest BCUT2D eigenvalue weighted by molar-refractivity contribution is 6.11. The number of benzene rings is 6. The molecule has 3 aromatic heterocycles. The molecule has 0 bridgehead atoms. The maximum atomic E-state index is 5.09. The van der Waals surface area contributed by atoms with Gasteiger partial charge < -0.3 is 9.47 Å². The average molecular weight is 719 g/mol. The van der Waals surface area contributed by atoms with Crippen LogP contribution in [0.5, 0.6) is 0 Å². The number of hydrogen-bond donors (Lipinski definition) is 0. The van der Waals surface area contributed by atoms with Crippen LogP contribution in [-0.4, -0.2) is 30.5 Å². The van der Waals surface area contributed by atoms with Gasteiger partial charge in [-0.1, -0.05) is 146 Å². The first-order valence-corrected chi connectivity index (χ1v) is 19.0. The van der Waals surface area contributed by atoms with Crippen LogP contribution >= 0.6 is 0 Å². The summed E-state index contributed by atoms with van der Waals surface area (Å²) in [7, 11) is 0. The quantitative estimate of drug-likeness (QED) is 0.171. The molecule has 0 saturated carbocycles. The van der Waals surface area contributed by atoms with Crippen LogP contribution in [-0.2, 0) is 0 Å². The Morgan fingerprint density at radius 3 is 1.77 bits per heavy atom. The first kappa shape index (κ1) is 32.0. The molecule has 2 unspecified atom stereocenters. The van der Waals surface area contributed by atoms with Crippen LogP contribution in [0.2, 0.25) is 0 Å². The summed E-state index contributed by atoms with van der Waals surface area (Å²) in [5.41, 5.74) is 11.9. The molecule has 2 aliphatic rings. The SMILES string of the molecule is C1=CC2c3cc4c5ccccc5n(-c5cncc(-c6nc(-c7ccccc7)nc(-c7ccc(-c8ccccc8)cc7)n6)c5)c4cc3N(c3ccccc3)C2C=C1. The van der Waals surface area contributed by atoms with E-state index in [9.17, 15) is 0 Å². The minimum Gasteiger partial charge on any atom is -0.333 e. The highest BCUT2D eigenvalue weighted by atomic mass is 15.2. The van der Waals surface area contributed by atoms with E-state index in [0.717, 1.165) is 44.5 Å². The average Bonchev–Trinajstić information content (AvgIpc) is 3.78. The van der Waals surface area contributed by atoms with Crippen molar-refractivity contribution in [1.82, 2.24) is 24.5 Å². The van der Waals surface area contributed by atoms with Crippen LogP contribution in [0.25, 0.3) is 72.8 Å². The van der Waals surface area contributed by atoms with E-state index in [-0.39, 0.29) is 12.0 Å². The zero-order valence-corrected chi connectivity index (χ0v) is 30.3. The van der Waals surface area contributed by atoms with Gasteiger partial charge in [-0.15, -0.1) is 0 Å². The van der Waals surface area contributed by atoms with Gasteiger partial charge in [0.1, 0.15) is 0 Å². The Morgan fingerprint density at radius 1 is 0.429 bits per heavy atom. The predicted molar refractivity (Wildman–Crippen MR) is 227 cm³/mol. The Morgan fingerprint density at radius 2 is 1.02 bits per heavy atom. The van der Waals surface area contributed by atoms with Gasteiger partial charge in [0.2, 0.25) is 0 Å².